The van der Waals surface area contributed by atoms with Gasteiger partial charge in [-0.15, -0.1) is 0 Å². The van der Waals surface area contributed by atoms with Crippen molar-refractivity contribution in [1.82, 2.24) is 15.5 Å². The number of nitrogens with one attached hydrogen (secondary N) is 2. The van der Waals surface area contributed by atoms with Gasteiger partial charge in [-0.2, -0.15) is 0 Å². The smallest absolute Gasteiger partial charge is 0.223 e. The minimum atomic E-state index is -0.707. The Labute approximate surface area is 261 Å². The molecule has 2 aliphatic heterocycles. The predicted octanol–water partition coefficient (Wildman–Crippen LogP) is 6.81. The van der Waals surface area contributed by atoms with Crippen LogP contribution in [-0.4, -0.2) is 48.6 Å². The monoisotopic (exact) mass is 625 g/mol. The number of amides is 1. The highest BCUT2D eigenvalue weighted by Crippen LogP contribution is 2.37. The molecule has 1 amide bonds. The Morgan fingerprint density at radius 2 is 1.74 bits per heavy atom. The van der Waals surface area contributed by atoms with E-state index in [1.54, 1.807) is 0 Å². The van der Waals surface area contributed by atoms with Crippen LogP contribution in [0.2, 0.25) is 10.0 Å². The Hall–Kier alpha value is -2.97. The maximum Gasteiger partial charge on any atom is 0.223 e. The number of carbonyl (C=O) groups excluding carboxylic acids is 1. The zero-order chi connectivity index (χ0) is 29.9. The van der Waals surface area contributed by atoms with Gasteiger partial charge >= 0.3 is 0 Å². The van der Waals surface area contributed by atoms with Crippen LogP contribution in [0.1, 0.15) is 42.4 Å². The number of benzene rings is 3. The molecule has 0 spiro atoms. The maximum absolute atomic E-state index is 14.0. The van der Waals surface area contributed by atoms with Gasteiger partial charge in [-0.3, -0.25) is 4.79 Å². The predicted molar refractivity (Wildman–Crippen MR) is 166 cm³/mol. The van der Waals surface area contributed by atoms with Gasteiger partial charge < -0.3 is 20.3 Å². The second-order valence-corrected chi connectivity index (χ2v) is 12.4. The van der Waals surface area contributed by atoms with Crippen LogP contribution in [0.15, 0.2) is 66.7 Å². The lowest BCUT2D eigenvalue weighted by Crippen LogP contribution is -2.60. The van der Waals surface area contributed by atoms with Crippen molar-refractivity contribution in [3.05, 3.63) is 105 Å². The van der Waals surface area contributed by atoms with E-state index in [1.807, 2.05) is 29.2 Å². The number of piperazine rings is 1. The van der Waals surface area contributed by atoms with E-state index in [4.69, 9.17) is 27.9 Å². The van der Waals surface area contributed by atoms with Gasteiger partial charge in [0, 0.05) is 55.1 Å². The van der Waals surface area contributed by atoms with E-state index >= 15 is 0 Å². The average Bonchev–Trinajstić information content (AvgIpc) is 3.85. The molecule has 0 unspecified atom stereocenters. The molecule has 3 atom stereocenters. The molecule has 3 aromatic rings. The van der Waals surface area contributed by atoms with E-state index in [0.29, 0.717) is 30.8 Å². The molecule has 3 aliphatic rings. The third kappa shape index (κ3) is 7.07. The number of rotatable bonds is 11. The summed E-state index contributed by atoms with van der Waals surface area (Å²) < 4.78 is 33.1. The van der Waals surface area contributed by atoms with Crippen LogP contribution in [0.3, 0.4) is 0 Å². The quantitative estimate of drug-likeness (QED) is 0.182. The van der Waals surface area contributed by atoms with Crippen molar-refractivity contribution in [2.45, 2.75) is 56.8 Å². The molecule has 1 aliphatic carbocycles. The first-order chi connectivity index (χ1) is 20.9. The lowest BCUT2D eigenvalue weighted by Gasteiger charge is -2.42. The minimum absolute atomic E-state index is 0.0363. The largest absolute Gasteiger partial charge is 0.489 e. The third-order valence-corrected chi connectivity index (χ3v) is 9.29. The van der Waals surface area contributed by atoms with Crippen LogP contribution >= 0.6 is 23.2 Å². The highest BCUT2D eigenvalue weighted by Gasteiger charge is 2.39. The van der Waals surface area contributed by atoms with Crippen molar-refractivity contribution in [3.8, 4) is 5.75 Å². The minimum Gasteiger partial charge on any atom is -0.489 e. The van der Waals surface area contributed by atoms with Gasteiger partial charge in [-0.05, 0) is 66.1 Å². The van der Waals surface area contributed by atoms with Crippen LogP contribution in [-0.2, 0) is 17.8 Å². The summed E-state index contributed by atoms with van der Waals surface area (Å²) >= 11 is 12.3. The summed E-state index contributed by atoms with van der Waals surface area (Å²) in [6, 6.07) is 18.8. The highest BCUT2D eigenvalue weighted by molar-refractivity contribution is 6.32. The van der Waals surface area contributed by atoms with E-state index in [1.165, 1.54) is 5.57 Å². The lowest BCUT2D eigenvalue weighted by molar-refractivity contribution is -0.133. The Morgan fingerprint density at radius 1 is 0.977 bits per heavy atom. The Bertz CT molecular complexity index is 1500. The molecule has 9 heteroatoms. The summed E-state index contributed by atoms with van der Waals surface area (Å²) in [5, 5.41) is 7.59. The zero-order valence-electron chi connectivity index (χ0n) is 23.8. The van der Waals surface area contributed by atoms with E-state index in [9.17, 15) is 13.6 Å². The summed E-state index contributed by atoms with van der Waals surface area (Å²) in [5.74, 6) is -1.43. The van der Waals surface area contributed by atoms with Gasteiger partial charge in [0.15, 0.2) is 11.6 Å². The normalized spacial score (nSPS) is 21.3. The fourth-order valence-electron chi connectivity index (χ4n) is 6.15. The maximum atomic E-state index is 14.0. The lowest BCUT2D eigenvalue weighted by atomic mass is 9.78. The standard InChI is InChI=1S/C34H35Cl2F2N3O2/c35-28-6-2-1-5-23(28)20-41(25-11-12-25)32(42)17-27-26(16-24-18-39-19-31(27)40-24)22-9-7-21(8-10-22)4-3-15-43-34-30(38)14-13-29(37)33(34)36/h1-2,5-10,13-14,16,24-25,27,31,39-40H,3-4,11-12,15,17-20H2/t24-,27-,31-/m1/s1. The van der Waals surface area contributed by atoms with Gasteiger partial charge in [-0.1, -0.05) is 71.7 Å². The van der Waals surface area contributed by atoms with Gasteiger partial charge in [0.2, 0.25) is 5.91 Å². The van der Waals surface area contributed by atoms with Crippen molar-refractivity contribution in [1.29, 1.82) is 0 Å². The second kappa shape index (κ2) is 13.3. The molecule has 6 rings (SSSR count). The molecule has 1 saturated heterocycles. The van der Waals surface area contributed by atoms with Gasteiger partial charge in [0.05, 0.1) is 6.61 Å². The Kier molecular flexibility index (Phi) is 9.34. The summed E-state index contributed by atoms with van der Waals surface area (Å²) in [4.78, 5) is 15.9. The molecular formula is C34H35Cl2F2N3O2. The van der Waals surface area contributed by atoms with Gasteiger partial charge in [0.25, 0.3) is 0 Å². The first-order valence-corrected chi connectivity index (χ1v) is 15.7. The van der Waals surface area contributed by atoms with Crippen molar-refractivity contribution in [2.75, 3.05) is 19.7 Å². The number of carbonyl (C=O) groups is 1. The van der Waals surface area contributed by atoms with E-state index in [-0.39, 0.29) is 47.3 Å². The van der Waals surface area contributed by atoms with Crippen LogP contribution in [0.4, 0.5) is 8.78 Å². The number of aryl methyl sites for hydroxylation is 1. The van der Waals surface area contributed by atoms with Crippen LogP contribution in [0.5, 0.6) is 5.75 Å². The molecule has 0 radical (unpaired) electrons. The summed E-state index contributed by atoms with van der Waals surface area (Å²) in [5.41, 5.74) is 4.42. The second-order valence-electron chi connectivity index (χ2n) is 11.6. The van der Waals surface area contributed by atoms with Crippen LogP contribution in [0, 0.1) is 17.6 Å². The van der Waals surface area contributed by atoms with E-state index < -0.39 is 11.6 Å². The molecule has 1 saturated carbocycles. The average molecular weight is 627 g/mol. The topological polar surface area (TPSA) is 53.6 Å². The van der Waals surface area contributed by atoms with Gasteiger partial charge in [0.1, 0.15) is 10.8 Å². The fourth-order valence-corrected chi connectivity index (χ4v) is 6.55. The molecule has 2 N–H and O–H groups in total. The van der Waals surface area contributed by atoms with Crippen molar-refractivity contribution >= 4 is 34.7 Å². The molecule has 5 nitrogen and oxygen atoms in total. The number of halogens is 4. The molecule has 43 heavy (non-hydrogen) atoms. The van der Waals surface area contributed by atoms with Crippen molar-refractivity contribution in [2.24, 2.45) is 5.92 Å². The molecule has 2 bridgehead atoms. The highest BCUT2D eigenvalue weighted by atomic mass is 35.5. The number of fused-ring (bicyclic) bond motifs is 2. The first-order valence-electron chi connectivity index (χ1n) is 14.9. The van der Waals surface area contributed by atoms with E-state index in [0.717, 1.165) is 54.8 Å². The molecule has 0 aromatic heterocycles. The van der Waals surface area contributed by atoms with Crippen LogP contribution in [0.25, 0.3) is 5.57 Å². The van der Waals surface area contributed by atoms with Gasteiger partial charge in [-0.25, -0.2) is 8.78 Å². The van der Waals surface area contributed by atoms with Crippen molar-refractivity contribution in [3.63, 3.8) is 0 Å². The van der Waals surface area contributed by atoms with E-state index in [2.05, 4.69) is 41.0 Å². The Balaban J connectivity index is 1.12. The molecular weight excluding hydrogens is 591 g/mol. The first kappa shape index (κ1) is 30.1. The number of hydrogen-bond acceptors (Lipinski definition) is 4. The molecule has 2 heterocycles. The Morgan fingerprint density at radius 3 is 2.51 bits per heavy atom. The summed E-state index contributed by atoms with van der Waals surface area (Å²) in [6.07, 6.45) is 6.10. The zero-order valence-corrected chi connectivity index (χ0v) is 25.3. The molecule has 3 aromatic carbocycles. The fraction of sp³-hybridized carbons (Fsp3) is 0.382. The number of ether oxygens (including phenoxy) is 1. The number of nitrogens with zero attached hydrogens (tertiary/aromatic N) is 1. The number of hydrogen-bond donors (Lipinski definition) is 2. The summed E-state index contributed by atoms with van der Waals surface area (Å²) in [7, 11) is 0. The molecule has 226 valence electrons. The van der Waals surface area contributed by atoms with Crippen LogP contribution < -0.4 is 15.4 Å². The SMILES string of the molecule is O=C(C[C@@H]1C(c2ccc(CCCOc3c(F)ccc(F)c3Cl)cc2)=C[C@@H]2CNC[C@H]1N2)N(Cc1ccccc1Cl)C1CC1. The third-order valence-electron chi connectivity index (χ3n) is 8.57. The summed E-state index contributed by atoms with van der Waals surface area (Å²) in [6.45, 7) is 2.42. The van der Waals surface area contributed by atoms with Crippen molar-refractivity contribution < 1.29 is 18.3 Å². The molecule has 2 fully saturated rings.